The zero-order valence-electron chi connectivity index (χ0n) is 18.6. The molecule has 0 bridgehead atoms. The molecular weight excluding hydrogens is 390 g/mol. The summed E-state index contributed by atoms with van der Waals surface area (Å²) in [6.45, 7) is 9.84. The van der Waals surface area contributed by atoms with Crippen molar-refractivity contribution in [3.8, 4) is 11.1 Å². The number of nitrogens with one attached hydrogen (secondary N) is 1. The van der Waals surface area contributed by atoms with Gasteiger partial charge < -0.3 is 19.4 Å². The normalized spacial score (nSPS) is 18.6. The Morgan fingerprint density at radius 2 is 2.10 bits per heavy atom. The second kappa shape index (κ2) is 7.38. The molecule has 1 fully saturated rings. The number of fused-ring (bicyclic) bond motifs is 2. The minimum atomic E-state index is -0.503. The number of aryl methyl sites for hydroxylation is 1. The molecule has 0 aliphatic carbocycles. The van der Waals surface area contributed by atoms with Crippen molar-refractivity contribution in [2.24, 2.45) is 0 Å². The fourth-order valence-corrected chi connectivity index (χ4v) is 4.52. The Hall–Kier alpha value is -2.86. The van der Waals surface area contributed by atoms with E-state index >= 15 is 0 Å². The molecule has 4 heterocycles. The van der Waals surface area contributed by atoms with E-state index in [0.717, 1.165) is 48.2 Å². The smallest absolute Gasteiger partial charge is 0.410 e. The number of amides is 1. The Morgan fingerprint density at radius 1 is 1.26 bits per heavy atom. The Morgan fingerprint density at radius 3 is 2.84 bits per heavy atom. The topological polar surface area (TPSA) is 67.5 Å². The number of hydrogen-bond donors (Lipinski definition) is 1. The fourth-order valence-electron chi connectivity index (χ4n) is 4.52. The van der Waals surface area contributed by atoms with Crippen molar-refractivity contribution in [1.82, 2.24) is 14.9 Å². The molecule has 1 aromatic carbocycles. The fraction of sp³-hybridized carbons (Fsp3) is 0.440. The van der Waals surface area contributed by atoms with Gasteiger partial charge in [0.1, 0.15) is 11.2 Å². The van der Waals surface area contributed by atoms with E-state index in [4.69, 9.17) is 9.47 Å². The average molecular weight is 420 g/mol. The van der Waals surface area contributed by atoms with Crippen LogP contribution in [0, 0.1) is 6.92 Å². The van der Waals surface area contributed by atoms with Crippen LogP contribution in [-0.2, 0) is 22.5 Å². The predicted molar refractivity (Wildman–Crippen MR) is 120 cm³/mol. The van der Waals surface area contributed by atoms with Gasteiger partial charge in [0, 0.05) is 29.9 Å². The lowest BCUT2D eigenvalue weighted by Gasteiger charge is -2.43. The first-order valence-electron chi connectivity index (χ1n) is 11.0. The molecule has 0 spiro atoms. The molecule has 1 N–H and O–H groups in total. The van der Waals surface area contributed by atoms with Crippen LogP contribution in [0.5, 0.6) is 0 Å². The second-order valence-electron chi connectivity index (χ2n) is 9.58. The van der Waals surface area contributed by atoms with Gasteiger partial charge in [-0.1, -0.05) is 6.07 Å². The molecule has 6 nitrogen and oxygen atoms in total. The molecule has 162 valence electrons. The van der Waals surface area contributed by atoms with E-state index in [1.807, 2.05) is 38.1 Å². The largest absolute Gasteiger partial charge is 0.444 e. The van der Waals surface area contributed by atoms with Crippen molar-refractivity contribution in [3.63, 3.8) is 0 Å². The molecule has 2 aromatic heterocycles. The number of nitrogens with zero attached hydrogens (tertiary/aromatic N) is 2. The van der Waals surface area contributed by atoms with Gasteiger partial charge in [-0.25, -0.2) is 9.78 Å². The van der Waals surface area contributed by atoms with E-state index in [9.17, 15) is 4.79 Å². The van der Waals surface area contributed by atoms with Gasteiger partial charge in [0.15, 0.2) is 0 Å². The molecule has 31 heavy (non-hydrogen) atoms. The summed E-state index contributed by atoms with van der Waals surface area (Å²) in [4.78, 5) is 22.4. The first kappa shape index (κ1) is 20.1. The SMILES string of the molecule is Cc1c[nH]c2ncc(-c3cc4c(c(C5CCN5C(=O)OC(C)(C)C)c3)COCC4)cc12. The number of likely N-dealkylation sites (tertiary alicyclic amines) is 1. The van der Waals surface area contributed by atoms with Crippen LogP contribution < -0.4 is 0 Å². The minimum Gasteiger partial charge on any atom is -0.444 e. The molecule has 1 atom stereocenters. The highest BCUT2D eigenvalue weighted by atomic mass is 16.6. The summed E-state index contributed by atoms with van der Waals surface area (Å²) in [6, 6.07) is 6.71. The summed E-state index contributed by atoms with van der Waals surface area (Å²) in [6.07, 6.45) is 5.49. The lowest BCUT2D eigenvalue weighted by Crippen LogP contribution is -2.47. The lowest BCUT2D eigenvalue weighted by molar-refractivity contribution is -0.00643. The Kier molecular flexibility index (Phi) is 4.77. The van der Waals surface area contributed by atoms with Crippen molar-refractivity contribution < 1.29 is 14.3 Å². The third-order valence-electron chi connectivity index (χ3n) is 6.22. The molecule has 1 amide bonds. The van der Waals surface area contributed by atoms with Crippen LogP contribution in [0.1, 0.15) is 55.5 Å². The summed E-state index contributed by atoms with van der Waals surface area (Å²) in [7, 11) is 0. The maximum absolute atomic E-state index is 12.8. The molecule has 3 aromatic rings. The van der Waals surface area contributed by atoms with Crippen LogP contribution in [-0.4, -0.2) is 39.7 Å². The van der Waals surface area contributed by atoms with E-state index in [1.165, 1.54) is 22.3 Å². The van der Waals surface area contributed by atoms with Crippen LogP contribution in [0.4, 0.5) is 4.79 Å². The molecular formula is C25H29N3O3. The standard InChI is InChI=1S/C25H29N3O3/c1-15-12-26-23-19(15)11-18(13-27-23)17-9-16-6-8-30-14-21(16)20(10-17)22-5-7-28(22)24(29)31-25(2,3)4/h9-13,22H,5-8,14H2,1-4H3,(H,26,27). The van der Waals surface area contributed by atoms with Crippen molar-refractivity contribution in [3.05, 3.63) is 52.8 Å². The van der Waals surface area contributed by atoms with Crippen molar-refractivity contribution >= 4 is 17.1 Å². The van der Waals surface area contributed by atoms with E-state index in [1.54, 1.807) is 0 Å². The highest BCUT2D eigenvalue weighted by Crippen LogP contribution is 2.41. The molecule has 6 heteroatoms. The van der Waals surface area contributed by atoms with Gasteiger partial charge in [0.05, 0.1) is 19.3 Å². The summed E-state index contributed by atoms with van der Waals surface area (Å²) < 4.78 is 11.4. The van der Waals surface area contributed by atoms with Crippen LogP contribution >= 0.6 is 0 Å². The quantitative estimate of drug-likeness (QED) is 0.613. The number of rotatable bonds is 2. The molecule has 1 saturated heterocycles. The average Bonchev–Trinajstić information content (AvgIpc) is 3.06. The van der Waals surface area contributed by atoms with E-state index in [0.29, 0.717) is 6.61 Å². The second-order valence-corrected chi connectivity index (χ2v) is 9.58. The van der Waals surface area contributed by atoms with Crippen LogP contribution in [0.2, 0.25) is 0 Å². The zero-order valence-corrected chi connectivity index (χ0v) is 18.6. The molecule has 1 unspecified atom stereocenters. The predicted octanol–water partition coefficient (Wildman–Crippen LogP) is 5.29. The Labute approximate surface area is 182 Å². The zero-order chi connectivity index (χ0) is 21.8. The third-order valence-corrected chi connectivity index (χ3v) is 6.22. The van der Waals surface area contributed by atoms with Gasteiger partial charge in [0.25, 0.3) is 0 Å². The number of ether oxygens (including phenoxy) is 2. The van der Waals surface area contributed by atoms with Crippen LogP contribution in [0.3, 0.4) is 0 Å². The van der Waals surface area contributed by atoms with E-state index in [2.05, 4.69) is 35.1 Å². The van der Waals surface area contributed by atoms with Gasteiger partial charge in [-0.2, -0.15) is 0 Å². The number of hydrogen-bond acceptors (Lipinski definition) is 4. The minimum absolute atomic E-state index is 0.0240. The summed E-state index contributed by atoms with van der Waals surface area (Å²) in [5, 5.41) is 1.14. The summed E-state index contributed by atoms with van der Waals surface area (Å²) in [5.41, 5.74) is 7.53. The monoisotopic (exact) mass is 419 g/mol. The summed E-state index contributed by atoms with van der Waals surface area (Å²) in [5.74, 6) is 0. The summed E-state index contributed by atoms with van der Waals surface area (Å²) >= 11 is 0. The first-order chi connectivity index (χ1) is 14.8. The number of aromatic nitrogens is 2. The van der Waals surface area contributed by atoms with E-state index < -0.39 is 5.60 Å². The highest BCUT2D eigenvalue weighted by Gasteiger charge is 2.38. The number of H-pyrrole nitrogens is 1. The van der Waals surface area contributed by atoms with Crippen LogP contribution in [0.15, 0.2) is 30.6 Å². The molecule has 2 aliphatic rings. The maximum Gasteiger partial charge on any atom is 0.410 e. The van der Waals surface area contributed by atoms with Gasteiger partial charge in [0.2, 0.25) is 0 Å². The van der Waals surface area contributed by atoms with Crippen molar-refractivity contribution in [2.45, 2.75) is 58.8 Å². The van der Waals surface area contributed by atoms with Gasteiger partial charge in [-0.3, -0.25) is 0 Å². The number of carbonyl (C=O) groups is 1. The lowest BCUT2D eigenvalue weighted by atomic mass is 9.85. The van der Waals surface area contributed by atoms with Gasteiger partial charge in [-0.05, 0) is 80.5 Å². The number of pyridine rings is 1. The Balaban J connectivity index is 1.55. The van der Waals surface area contributed by atoms with Crippen molar-refractivity contribution in [1.29, 1.82) is 0 Å². The third kappa shape index (κ3) is 3.69. The van der Waals surface area contributed by atoms with Crippen molar-refractivity contribution in [2.75, 3.05) is 13.2 Å². The highest BCUT2D eigenvalue weighted by molar-refractivity contribution is 5.84. The van der Waals surface area contributed by atoms with Gasteiger partial charge in [-0.15, -0.1) is 0 Å². The molecule has 0 radical (unpaired) electrons. The molecule has 0 saturated carbocycles. The molecule has 2 aliphatic heterocycles. The van der Waals surface area contributed by atoms with E-state index in [-0.39, 0.29) is 12.1 Å². The number of carbonyl (C=O) groups excluding carboxylic acids is 1. The molecule has 5 rings (SSSR count). The maximum atomic E-state index is 12.8. The first-order valence-corrected chi connectivity index (χ1v) is 11.0. The number of aromatic amines is 1. The Bertz CT molecular complexity index is 1160. The number of benzene rings is 1. The van der Waals surface area contributed by atoms with Crippen LogP contribution in [0.25, 0.3) is 22.2 Å². The van der Waals surface area contributed by atoms with Gasteiger partial charge >= 0.3 is 6.09 Å².